The van der Waals surface area contributed by atoms with Crippen LogP contribution in [0, 0.1) is 18.3 Å². The number of aromatic nitrogens is 2. The van der Waals surface area contributed by atoms with E-state index in [1.54, 1.807) is 23.8 Å². The summed E-state index contributed by atoms with van der Waals surface area (Å²) >= 11 is 0. The highest BCUT2D eigenvalue weighted by Crippen LogP contribution is 2.36. The molecule has 0 spiro atoms. The molecule has 0 N–H and O–H groups in total. The fourth-order valence-corrected chi connectivity index (χ4v) is 5.31. The molecule has 0 atom stereocenters. The zero-order valence-corrected chi connectivity index (χ0v) is 22.2. The van der Waals surface area contributed by atoms with Crippen molar-refractivity contribution in [2.75, 3.05) is 6.61 Å². The zero-order chi connectivity index (χ0) is 27.5. The van der Waals surface area contributed by atoms with Crippen molar-refractivity contribution in [3.8, 4) is 28.8 Å². The van der Waals surface area contributed by atoms with E-state index in [4.69, 9.17) is 9.84 Å². The Bertz CT molecular complexity index is 1550. The average molecular weight is 519 g/mol. The number of hydrogen-bond donors (Lipinski definition) is 0. The second-order valence-electron chi connectivity index (χ2n) is 9.88. The van der Waals surface area contributed by atoms with E-state index in [1.807, 2.05) is 61.7 Å². The van der Waals surface area contributed by atoms with Crippen LogP contribution < -0.4 is 4.74 Å². The molecule has 1 aliphatic heterocycles. The molecule has 39 heavy (non-hydrogen) atoms. The topological polar surface area (TPSA) is 88.2 Å². The Balaban J connectivity index is 1.66. The molecule has 0 bridgehead atoms. The molecule has 2 aliphatic rings. The summed E-state index contributed by atoms with van der Waals surface area (Å²) in [7, 11) is 0. The Morgan fingerprint density at radius 2 is 1.85 bits per heavy atom. The molecule has 1 fully saturated rings. The van der Waals surface area contributed by atoms with Gasteiger partial charge in [0.1, 0.15) is 29.7 Å². The molecular formula is C32H30N4O3. The number of benzene rings is 2. The molecule has 1 aromatic heterocycles. The molecule has 1 aliphatic carbocycles. The van der Waals surface area contributed by atoms with E-state index in [0.717, 1.165) is 48.2 Å². The number of hydrogen-bond acceptors (Lipinski definition) is 5. The lowest BCUT2D eigenvalue weighted by atomic mass is 9.91. The molecule has 7 nitrogen and oxygen atoms in total. The van der Waals surface area contributed by atoms with Crippen molar-refractivity contribution in [1.82, 2.24) is 14.7 Å². The molecular weight excluding hydrogens is 488 g/mol. The number of imide groups is 1. The number of nitriles is 1. The van der Waals surface area contributed by atoms with E-state index >= 15 is 0 Å². The first-order valence-electron chi connectivity index (χ1n) is 13.1. The van der Waals surface area contributed by atoms with Crippen molar-refractivity contribution >= 4 is 17.9 Å². The van der Waals surface area contributed by atoms with E-state index in [9.17, 15) is 14.9 Å². The molecule has 1 saturated carbocycles. The lowest BCUT2D eigenvalue weighted by Crippen LogP contribution is -2.47. The maximum atomic E-state index is 13.8. The maximum Gasteiger partial charge on any atom is 0.271 e. The SMILES string of the molecule is C=CCOc1ccc(-c2nn(-c3ccccc3)cc2/C=C2/C(=O)N(C3CCCC3)C(=O)C(C#N)=C2C)c(C)c1. The molecule has 2 aromatic carbocycles. The minimum Gasteiger partial charge on any atom is -0.490 e. The first-order chi connectivity index (χ1) is 18.9. The van der Waals surface area contributed by atoms with Crippen molar-refractivity contribution in [3.05, 3.63) is 95.2 Å². The second kappa shape index (κ2) is 11.0. The maximum absolute atomic E-state index is 13.8. The van der Waals surface area contributed by atoms with Gasteiger partial charge in [-0.3, -0.25) is 14.5 Å². The number of nitrogens with zero attached hydrogens (tertiary/aromatic N) is 4. The van der Waals surface area contributed by atoms with Crippen molar-refractivity contribution in [2.24, 2.45) is 0 Å². The predicted molar refractivity (Wildman–Crippen MR) is 150 cm³/mol. The van der Waals surface area contributed by atoms with E-state index in [0.29, 0.717) is 29.0 Å². The Hall–Kier alpha value is -4.70. The summed E-state index contributed by atoms with van der Waals surface area (Å²) in [5, 5.41) is 14.8. The van der Waals surface area contributed by atoms with Gasteiger partial charge in [-0.1, -0.05) is 43.7 Å². The van der Waals surface area contributed by atoms with Crippen LogP contribution >= 0.6 is 0 Å². The monoisotopic (exact) mass is 518 g/mol. The van der Waals surface area contributed by atoms with Crippen molar-refractivity contribution in [1.29, 1.82) is 5.26 Å². The van der Waals surface area contributed by atoms with Crippen molar-refractivity contribution in [2.45, 2.75) is 45.6 Å². The summed E-state index contributed by atoms with van der Waals surface area (Å²) in [5.41, 5.74) is 4.86. The Kier molecular flexibility index (Phi) is 7.29. The Morgan fingerprint density at radius 3 is 2.51 bits per heavy atom. The summed E-state index contributed by atoms with van der Waals surface area (Å²) < 4.78 is 7.48. The van der Waals surface area contributed by atoms with Crippen LogP contribution in [0.15, 0.2) is 84.1 Å². The van der Waals surface area contributed by atoms with Gasteiger partial charge in [-0.15, -0.1) is 0 Å². The van der Waals surface area contributed by atoms with E-state index in [2.05, 4.69) is 12.6 Å². The normalized spacial score (nSPS) is 17.2. The quantitative estimate of drug-likeness (QED) is 0.219. The molecule has 0 unspecified atom stereocenters. The number of carbonyl (C=O) groups is 2. The molecule has 3 aromatic rings. The number of para-hydroxylation sites is 1. The van der Waals surface area contributed by atoms with Crippen molar-refractivity contribution < 1.29 is 14.3 Å². The van der Waals surface area contributed by atoms with Crippen LogP contribution in [-0.2, 0) is 9.59 Å². The highest BCUT2D eigenvalue weighted by molar-refractivity contribution is 6.20. The molecule has 2 heterocycles. The minimum absolute atomic E-state index is 0.0182. The lowest BCUT2D eigenvalue weighted by Gasteiger charge is -2.32. The summed E-state index contributed by atoms with van der Waals surface area (Å²) in [6.45, 7) is 7.76. The van der Waals surface area contributed by atoms with Crippen LogP contribution in [-0.4, -0.2) is 39.1 Å². The number of aryl methyl sites for hydroxylation is 1. The number of rotatable bonds is 7. The molecule has 196 valence electrons. The first kappa shape index (κ1) is 25.9. The van der Waals surface area contributed by atoms with Crippen LogP contribution in [0.1, 0.15) is 43.7 Å². The van der Waals surface area contributed by atoms with E-state index in [-0.39, 0.29) is 17.5 Å². The van der Waals surface area contributed by atoms with Crippen LogP contribution in [0.25, 0.3) is 23.0 Å². The van der Waals surface area contributed by atoms with Gasteiger partial charge in [0.2, 0.25) is 0 Å². The van der Waals surface area contributed by atoms with Gasteiger partial charge in [-0.25, -0.2) is 4.68 Å². The Labute approximate surface area is 228 Å². The molecule has 0 radical (unpaired) electrons. The van der Waals surface area contributed by atoms with Gasteiger partial charge in [0.05, 0.1) is 5.69 Å². The van der Waals surface area contributed by atoms with Crippen LogP contribution in [0.2, 0.25) is 0 Å². The average Bonchev–Trinajstić information content (AvgIpc) is 3.61. The van der Waals surface area contributed by atoms with Gasteiger partial charge in [-0.05, 0) is 74.2 Å². The largest absolute Gasteiger partial charge is 0.490 e. The van der Waals surface area contributed by atoms with Gasteiger partial charge < -0.3 is 4.74 Å². The third-order valence-electron chi connectivity index (χ3n) is 7.35. The molecule has 7 heteroatoms. The van der Waals surface area contributed by atoms with Crippen LogP contribution in [0.4, 0.5) is 0 Å². The predicted octanol–water partition coefficient (Wildman–Crippen LogP) is 5.95. The second-order valence-corrected chi connectivity index (χ2v) is 9.88. The smallest absolute Gasteiger partial charge is 0.271 e. The van der Waals surface area contributed by atoms with Gasteiger partial charge in [0, 0.05) is 28.9 Å². The van der Waals surface area contributed by atoms with Crippen molar-refractivity contribution in [3.63, 3.8) is 0 Å². The molecule has 5 rings (SSSR count). The number of ether oxygens (including phenoxy) is 1. The van der Waals surface area contributed by atoms with Gasteiger partial charge in [0.15, 0.2) is 0 Å². The minimum atomic E-state index is -0.491. The highest BCUT2D eigenvalue weighted by Gasteiger charge is 2.40. The van der Waals surface area contributed by atoms with Gasteiger partial charge >= 0.3 is 0 Å². The Morgan fingerprint density at radius 1 is 1.10 bits per heavy atom. The standard InChI is InChI=1S/C32H30N4O3/c1-4-16-39-26-14-15-27(21(2)17-26)30-23(20-35(34-30)24-10-6-5-7-11-24)18-28-22(3)29(19-33)32(38)36(31(28)37)25-12-8-9-13-25/h4-7,10-11,14-15,17-18,20,25H,1,8-9,12-13,16H2,2-3H3/b28-18+. The van der Waals surface area contributed by atoms with Crippen LogP contribution in [0.5, 0.6) is 5.75 Å². The summed E-state index contributed by atoms with van der Waals surface area (Å²) in [6, 6.07) is 17.4. The third kappa shape index (κ3) is 4.94. The molecule has 0 saturated heterocycles. The highest BCUT2D eigenvalue weighted by atomic mass is 16.5. The summed E-state index contributed by atoms with van der Waals surface area (Å²) in [6.07, 6.45) is 8.80. The van der Waals surface area contributed by atoms with Crippen LogP contribution in [0.3, 0.4) is 0 Å². The first-order valence-corrected chi connectivity index (χ1v) is 13.1. The number of carbonyl (C=O) groups excluding carboxylic acids is 2. The van der Waals surface area contributed by atoms with E-state index < -0.39 is 5.91 Å². The lowest BCUT2D eigenvalue weighted by molar-refractivity contribution is -0.143. The van der Waals surface area contributed by atoms with Gasteiger partial charge in [-0.2, -0.15) is 10.4 Å². The summed E-state index contributed by atoms with van der Waals surface area (Å²) in [5.74, 6) is -0.119. The van der Waals surface area contributed by atoms with Gasteiger partial charge in [0.25, 0.3) is 11.8 Å². The molecule has 2 amide bonds. The fourth-order valence-electron chi connectivity index (χ4n) is 5.31. The zero-order valence-electron chi connectivity index (χ0n) is 22.2. The number of amides is 2. The third-order valence-corrected chi connectivity index (χ3v) is 7.35. The van der Waals surface area contributed by atoms with E-state index in [1.165, 1.54) is 4.90 Å². The summed E-state index contributed by atoms with van der Waals surface area (Å²) in [4.78, 5) is 28.2. The fraction of sp³-hybridized carbons (Fsp3) is 0.250.